The van der Waals surface area contributed by atoms with E-state index in [1.54, 1.807) is 0 Å². The van der Waals surface area contributed by atoms with Crippen LogP contribution in [0.2, 0.25) is 0 Å². The van der Waals surface area contributed by atoms with Crippen LogP contribution in [-0.2, 0) is 5.41 Å². The molecule has 1 saturated heterocycles. The second-order valence-electron chi connectivity index (χ2n) is 6.09. The predicted octanol–water partition coefficient (Wildman–Crippen LogP) is 1.79. The summed E-state index contributed by atoms with van der Waals surface area (Å²) >= 11 is 0. The summed E-state index contributed by atoms with van der Waals surface area (Å²) in [4.78, 5) is 4.96. The smallest absolute Gasteiger partial charge is 0.0314 e. The Hall–Kier alpha value is -1.06. The van der Waals surface area contributed by atoms with Crippen LogP contribution in [0.5, 0.6) is 0 Å². The Balaban J connectivity index is 2.00. The average molecular weight is 247 g/mol. The van der Waals surface area contributed by atoms with Crippen molar-refractivity contribution in [1.82, 2.24) is 9.80 Å². The molecule has 0 aliphatic carbocycles. The second kappa shape index (κ2) is 5.29. The first-order valence-electron chi connectivity index (χ1n) is 6.74. The van der Waals surface area contributed by atoms with Gasteiger partial charge in [0, 0.05) is 43.8 Å². The Morgan fingerprint density at radius 3 is 2.17 bits per heavy atom. The summed E-state index contributed by atoms with van der Waals surface area (Å²) in [6.07, 6.45) is 0. The minimum absolute atomic E-state index is 0.184. The number of piperazine rings is 1. The largest absolute Gasteiger partial charge is 0.399 e. The van der Waals surface area contributed by atoms with E-state index in [0.29, 0.717) is 0 Å². The van der Waals surface area contributed by atoms with Crippen LogP contribution >= 0.6 is 0 Å². The summed E-state index contributed by atoms with van der Waals surface area (Å²) in [7, 11) is 2.20. The van der Waals surface area contributed by atoms with Gasteiger partial charge in [0.25, 0.3) is 0 Å². The van der Waals surface area contributed by atoms with Gasteiger partial charge in [-0.3, -0.25) is 4.90 Å². The average Bonchev–Trinajstić information content (AvgIpc) is 2.32. The van der Waals surface area contributed by atoms with Gasteiger partial charge < -0.3 is 10.6 Å². The second-order valence-corrected chi connectivity index (χ2v) is 6.09. The highest BCUT2D eigenvalue weighted by Crippen LogP contribution is 2.25. The number of nitrogen functional groups attached to an aromatic ring is 1. The topological polar surface area (TPSA) is 32.5 Å². The molecule has 0 unspecified atom stereocenters. The Morgan fingerprint density at radius 2 is 1.61 bits per heavy atom. The van der Waals surface area contributed by atoms with E-state index >= 15 is 0 Å². The number of anilines is 1. The highest BCUT2D eigenvalue weighted by Gasteiger charge is 2.25. The number of rotatable bonds is 3. The number of nitrogens with two attached hydrogens (primary N) is 1. The van der Waals surface area contributed by atoms with E-state index in [9.17, 15) is 0 Å². The molecule has 0 amide bonds. The number of hydrogen-bond acceptors (Lipinski definition) is 3. The third-order valence-corrected chi connectivity index (χ3v) is 3.91. The zero-order chi connectivity index (χ0) is 13.2. The van der Waals surface area contributed by atoms with Crippen LogP contribution in [-0.4, -0.2) is 49.6 Å². The molecule has 1 heterocycles. The van der Waals surface area contributed by atoms with Crippen LogP contribution in [0.15, 0.2) is 24.3 Å². The first-order valence-corrected chi connectivity index (χ1v) is 6.74. The molecule has 2 N–H and O–H groups in total. The molecule has 0 radical (unpaired) electrons. The van der Waals surface area contributed by atoms with Gasteiger partial charge in [0.15, 0.2) is 0 Å². The van der Waals surface area contributed by atoms with Gasteiger partial charge in [0.2, 0.25) is 0 Å². The van der Waals surface area contributed by atoms with Crippen LogP contribution in [0.4, 0.5) is 5.69 Å². The van der Waals surface area contributed by atoms with Gasteiger partial charge in [0.1, 0.15) is 0 Å². The molecular formula is C15H25N3. The van der Waals surface area contributed by atoms with Crippen LogP contribution in [0, 0.1) is 0 Å². The Labute approximate surface area is 111 Å². The summed E-state index contributed by atoms with van der Waals surface area (Å²) in [6, 6.07) is 8.32. The molecule has 100 valence electrons. The van der Waals surface area contributed by atoms with Gasteiger partial charge in [-0.05, 0) is 24.7 Å². The molecule has 0 saturated carbocycles. The van der Waals surface area contributed by atoms with E-state index in [1.165, 1.54) is 31.7 Å². The fourth-order valence-corrected chi connectivity index (χ4v) is 2.59. The van der Waals surface area contributed by atoms with E-state index in [1.807, 2.05) is 12.1 Å². The first-order chi connectivity index (χ1) is 8.47. The first kappa shape index (κ1) is 13.4. The lowest BCUT2D eigenvalue weighted by atomic mass is 9.84. The molecule has 3 nitrogen and oxygen atoms in total. The van der Waals surface area contributed by atoms with Crippen molar-refractivity contribution in [2.24, 2.45) is 0 Å². The molecule has 3 heteroatoms. The number of benzene rings is 1. The van der Waals surface area contributed by atoms with Gasteiger partial charge in [0.05, 0.1) is 0 Å². The van der Waals surface area contributed by atoms with Crippen molar-refractivity contribution < 1.29 is 0 Å². The molecule has 0 atom stereocenters. The molecule has 0 bridgehead atoms. The predicted molar refractivity (Wildman–Crippen MR) is 77.8 cm³/mol. The van der Waals surface area contributed by atoms with E-state index in [4.69, 9.17) is 5.73 Å². The summed E-state index contributed by atoms with van der Waals surface area (Å²) in [5.74, 6) is 0. The van der Waals surface area contributed by atoms with Gasteiger partial charge >= 0.3 is 0 Å². The third-order valence-electron chi connectivity index (χ3n) is 3.91. The van der Waals surface area contributed by atoms with E-state index in [0.717, 1.165) is 12.2 Å². The molecular weight excluding hydrogens is 222 g/mol. The maximum Gasteiger partial charge on any atom is 0.0314 e. The monoisotopic (exact) mass is 247 g/mol. The van der Waals surface area contributed by atoms with Gasteiger partial charge in [-0.1, -0.05) is 26.0 Å². The fourth-order valence-electron chi connectivity index (χ4n) is 2.59. The van der Waals surface area contributed by atoms with E-state index in [2.05, 4.69) is 42.8 Å². The van der Waals surface area contributed by atoms with Crippen molar-refractivity contribution in [3.05, 3.63) is 29.8 Å². The SMILES string of the molecule is CN1CCN(CC(C)(C)c2ccc(N)cc2)CC1. The van der Waals surface area contributed by atoms with Crippen molar-refractivity contribution in [3.8, 4) is 0 Å². The molecule has 1 aliphatic rings. The molecule has 1 fully saturated rings. The highest BCUT2D eigenvalue weighted by molar-refractivity contribution is 5.41. The van der Waals surface area contributed by atoms with Crippen LogP contribution in [0.1, 0.15) is 19.4 Å². The molecule has 18 heavy (non-hydrogen) atoms. The minimum atomic E-state index is 0.184. The molecule has 0 aromatic heterocycles. The number of likely N-dealkylation sites (N-methyl/N-ethyl adjacent to an activating group) is 1. The number of nitrogens with zero attached hydrogens (tertiary/aromatic N) is 2. The molecule has 1 aromatic carbocycles. The molecule has 1 aliphatic heterocycles. The van der Waals surface area contributed by atoms with Gasteiger partial charge in [-0.25, -0.2) is 0 Å². The van der Waals surface area contributed by atoms with E-state index < -0.39 is 0 Å². The zero-order valence-electron chi connectivity index (χ0n) is 11.8. The van der Waals surface area contributed by atoms with Crippen molar-refractivity contribution in [3.63, 3.8) is 0 Å². The van der Waals surface area contributed by atoms with Gasteiger partial charge in [-0.2, -0.15) is 0 Å². The lowest BCUT2D eigenvalue weighted by molar-refractivity contribution is 0.133. The standard InChI is InChI=1S/C15H25N3/c1-15(2,13-4-6-14(16)7-5-13)12-18-10-8-17(3)9-11-18/h4-7H,8-12,16H2,1-3H3. The van der Waals surface area contributed by atoms with E-state index in [-0.39, 0.29) is 5.41 Å². The highest BCUT2D eigenvalue weighted by atomic mass is 15.2. The molecule has 2 rings (SSSR count). The van der Waals surface area contributed by atoms with Crippen LogP contribution < -0.4 is 5.73 Å². The maximum absolute atomic E-state index is 5.75. The van der Waals surface area contributed by atoms with Crippen LogP contribution in [0.3, 0.4) is 0 Å². The van der Waals surface area contributed by atoms with Crippen molar-refractivity contribution in [2.45, 2.75) is 19.3 Å². The fraction of sp³-hybridized carbons (Fsp3) is 0.600. The quantitative estimate of drug-likeness (QED) is 0.827. The lowest BCUT2D eigenvalue weighted by Crippen LogP contribution is -2.48. The summed E-state index contributed by atoms with van der Waals surface area (Å²) in [5.41, 5.74) is 8.15. The summed E-state index contributed by atoms with van der Waals surface area (Å²) in [6.45, 7) is 10.5. The Kier molecular flexibility index (Phi) is 3.93. The normalized spacial score (nSPS) is 19.1. The lowest BCUT2D eigenvalue weighted by Gasteiger charge is -2.38. The third kappa shape index (κ3) is 3.24. The number of hydrogen-bond donors (Lipinski definition) is 1. The zero-order valence-corrected chi connectivity index (χ0v) is 11.8. The maximum atomic E-state index is 5.75. The minimum Gasteiger partial charge on any atom is -0.399 e. The molecule has 0 spiro atoms. The summed E-state index contributed by atoms with van der Waals surface area (Å²) in [5, 5.41) is 0. The Morgan fingerprint density at radius 1 is 1.06 bits per heavy atom. The van der Waals surface area contributed by atoms with Gasteiger partial charge in [-0.15, -0.1) is 0 Å². The Bertz CT molecular complexity index is 375. The van der Waals surface area contributed by atoms with Crippen molar-refractivity contribution >= 4 is 5.69 Å². The van der Waals surface area contributed by atoms with Crippen molar-refractivity contribution in [2.75, 3.05) is 45.5 Å². The molecule has 1 aromatic rings. The van der Waals surface area contributed by atoms with Crippen molar-refractivity contribution in [1.29, 1.82) is 0 Å². The van der Waals surface area contributed by atoms with Crippen LogP contribution in [0.25, 0.3) is 0 Å². The summed E-state index contributed by atoms with van der Waals surface area (Å²) < 4.78 is 0.